The number of rotatable bonds is 2. The van der Waals surface area contributed by atoms with E-state index in [-0.39, 0.29) is 0 Å². The average Bonchev–Trinajstić information content (AvgIpc) is 3.10. The van der Waals surface area contributed by atoms with Crippen LogP contribution in [0.1, 0.15) is 29.3 Å². The molecule has 0 radical (unpaired) electrons. The Labute approximate surface area is 96.6 Å². The summed E-state index contributed by atoms with van der Waals surface area (Å²) in [5.41, 5.74) is 1.70. The van der Waals surface area contributed by atoms with Gasteiger partial charge in [-0.25, -0.2) is 4.98 Å². The molecule has 2 heterocycles. The van der Waals surface area contributed by atoms with Gasteiger partial charge in [-0.2, -0.15) is 5.26 Å². The number of nitrogens with zero attached hydrogens (tertiary/aromatic N) is 4. The maximum atomic E-state index is 9.04. The van der Waals surface area contributed by atoms with Gasteiger partial charge in [0.15, 0.2) is 0 Å². The second-order valence-electron chi connectivity index (χ2n) is 3.71. The summed E-state index contributed by atoms with van der Waals surface area (Å²) in [6.07, 6.45) is 7.25. The number of aromatic nitrogens is 3. The molecule has 1 aliphatic rings. The molecule has 0 amide bonds. The van der Waals surface area contributed by atoms with E-state index >= 15 is 0 Å². The van der Waals surface area contributed by atoms with Gasteiger partial charge in [0.2, 0.25) is 0 Å². The van der Waals surface area contributed by atoms with Crippen molar-refractivity contribution >= 4 is 11.3 Å². The molecule has 4 nitrogen and oxygen atoms in total. The molecule has 0 saturated heterocycles. The fourth-order valence-electron chi connectivity index (χ4n) is 1.56. The summed E-state index contributed by atoms with van der Waals surface area (Å²) >= 11 is 1.41. The summed E-state index contributed by atoms with van der Waals surface area (Å²) in [5.74, 6) is 0.497. The highest BCUT2D eigenvalue weighted by Crippen LogP contribution is 2.43. The van der Waals surface area contributed by atoms with Crippen molar-refractivity contribution in [1.29, 1.82) is 5.26 Å². The Morgan fingerprint density at radius 3 is 2.88 bits per heavy atom. The lowest BCUT2D eigenvalue weighted by Gasteiger charge is -1.91. The van der Waals surface area contributed by atoms with Gasteiger partial charge in [0, 0.05) is 18.3 Å². The standard InChI is InChI=1S/C11H8N4S/c12-5-9-10(7-1-2-7)15-11(16-9)8-6-13-3-4-14-8/h3-4,6-7H,1-2H2. The normalized spacial score (nSPS) is 14.7. The fourth-order valence-corrected chi connectivity index (χ4v) is 2.47. The first-order chi connectivity index (χ1) is 7.88. The molecule has 1 fully saturated rings. The molecule has 16 heavy (non-hydrogen) atoms. The number of nitriles is 1. The Hall–Kier alpha value is -1.80. The Bertz CT molecular complexity index is 551. The summed E-state index contributed by atoms with van der Waals surface area (Å²) in [5, 5.41) is 9.84. The quantitative estimate of drug-likeness (QED) is 0.791. The second kappa shape index (κ2) is 3.65. The SMILES string of the molecule is N#Cc1sc(-c2cnccn2)nc1C1CC1. The van der Waals surface area contributed by atoms with Crippen LogP contribution in [-0.2, 0) is 0 Å². The van der Waals surface area contributed by atoms with Crippen LogP contribution in [0.5, 0.6) is 0 Å². The van der Waals surface area contributed by atoms with E-state index in [0.29, 0.717) is 5.92 Å². The molecule has 0 N–H and O–H groups in total. The average molecular weight is 228 g/mol. The molecule has 3 rings (SSSR count). The van der Waals surface area contributed by atoms with Crippen LogP contribution in [-0.4, -0.2) is 15.0 Å². The molecule has 0 atom stereocenters. The minimum Gasteiger partial charge on any atom is -0.261 e. The maximum absolute atomic E-state index is 9.04. The lowest BCUT2D eigenvalue weighted by Crippen LogP contribution is -1.85. The summed E-state index contributed by atoms with van der Waals surface area (Å²) < 4.78 is 0. The molecule has 0 spiro atoms. The molecular formula is C11H8N4S. The zero-order valence-electron chi connectivity index (χ0n) is 8.42. The van der Waals surface area contributed by atoms with E-state index in [1.54, 1.807) is 18.6 Å². The van der Waals surface area contributed by atoms with Crippen LogP contribution in [0.3, 0.4) is 0 Å². The first-order valence-electron chi connectivity index (χ1n) is 5.05. The van der Waals surface area contributed by atoms with Gasteiger partial charge < -0.3 is 0 Å². The van der Waals surface area contributed by atoms with E-state index in [1.165, 1.54) is 11.3 Å². The highest BCUT2D eigenvalue weighted by atomic mass is 32.1. The molecule has 0 unspecified atom stereocenters. The third-order valence-electron chi connectivity index (χ3n) is 2.50. The number of hydrogen-bond donors (Lipinski definition) is 0. The zero-order chi connectivity index (χ0) is 11.0. The Morgan fingerprint density at radius 1 is 1.38 bits per heavy atom. The van der Waals surface area contributed by atoms with Crippen molar-refractivity contribution in [2.75, 3.05) is 0 Å². The largest absolute Gasteiger partial charge is 0.261 e. The zero-order valence-corrected chi connectivity index (χ0v) is 9.24. The lowest BCUT2D eigenvalue weighted by atomic mass is 10.2. The summed E-state index contributed by atoms with van der Waals surface area (Å²) in [6.45, 7) is 0. The van der Waals surface area contributed by atoms with E-state index in [1.807, 2.05) is 0 Å². The van der Waals surface area contributed by atoms with E-state index < -0.39 is 0 Å². The topological polar surface area (TPSA) is 62.5 Å². The van der Waals surface area contributed by atoms with Crippen molar-refractivity contribution in [1.82, 2.24) is 15.0 Å². The van der Waals surface area contributed by atoms with Gasteiger partial charge in [0.05, 0.1) is 11.9 Å². The molecule has 78 valence electrons. The Kier molecular flexibility index (Phi) is 2.15. The molecule has 0 aromatic carbocycles. The van der Waals surface area contributed by atoms with Crippen LogP contribution >= 0.6 is 11.3 Å². The predicted molar refractivity (Wildman–Crippen MR) is 59.8 cm³/mol. The Balaban J connectivity index is 2.06. The van der Waals surface area contributed by atoms with Crippen molar-refractivity contribution in [3.63, 3.8) is 0 Å². The monoisotopic (exact) mass is 228 g/mol. The third kappa shape index (κ3) is 1.57. The van der Waals surface area contributed by atoms with Crippen LogP contribution in [0.15, 0.2) is 18.6 Å². The van der Waals surface area contributed by atoms with Gasteiger partial charge in [-0.3, -0.25) is 9.97 Å². The van der Waals surface area contributed by atoms with Crippen molar-refractivity contribution in [3.8, 4) is 16.8 Å². The van der Waals surface area contributed by atoms with Crippen molar-refractivity contribution in [3.05, 3.63) is 29.2 Å². The van der Waals surface area contributed by atoms with Gasteiger partial charge >= 0.3 is 0 Å². The van der Waals surface area contributed by atoms with Crippen LogP contribution < -0.4 is 0 Å². The van der Waals surface area contributed by atoms with E-state index in [0.717, 1.165) is 34.1 Å². The summed E-state index contributed by atoms with van der Waals surface area (Å²) in [4.78, 5) is 13.4. The van der Waals surface area contributed by atoms with Gasteiger partial charge in [0.25, 0.3) is 0 Å². The Morgan fingerprint density at radius 2 is 2.25 bits per heavy atom. The van der Waals surface area contributed by atoms with Gasteiger partial charge in [-0.15, -0.1) is 11.3 Å². The molecule has 1 saturated carbocycles. The van der Waals surface area contributed by atoms with E-state index in [9.17, 15) is 0 Å². The summed E-state index contributed by atoms with van der Waals surface area (Å²) in [7, 11) is 0. The third-order valence-corrected chi connectivity index (χ3v) is 3.50. The molecular weight excluding hydrogens is 220 g/mol. The van der Waals surface area contributed by atoms with Gasteiger partial charge in [-0.1, -0.05) is 0 Å². The minimum absolute atomic E-state index is 0.497. The minimum atomic E-state index is 0.497. The van der Waals surface area contributed by atoms with Gasteiger partial charge in [0.1, 0.15) is 21.6 Å². The molecule has 5 heteroatoms. The van der Waals surface area contributed by atoms with Crippen molar-refractivity contribution in [2.45, 2.75) is 18.8 Å². The van der Waals surface area contributed by atoms with Crippen LogP contribution in [0.4, 0.5) is 0 Å². The van der Waals surface area contributed by atoms with Crippen LogP contribution in [0.2, 0.25) is 0 Å². The highest BCUT2D eigenvalue weighted by molar-refractivity contribution is 7.15. The summed E-state index contributed by atoms with van der Waals surface area (Å²) in [6, 6.07) is 2.21. The van der Waals surface area contributed by atoms with Crippen molar-refractivity contribution < 1.29 is 0 Å². The van der Waals surface area contributed by atoms with E-state index in [4.69, 9.17) is 5.26 Å². The number of thiazole rings is 1. The van der Waals surface area contributed by atoms with Crippen molar-refractivity contribution in [2.24, 2.45) is 0 Å². The molecule has 0 aliphatic heterocycles. The lowest BCUT2D eigenvalue weighted by molar-refractivity contribution is 1.04. The maximum Gasteiger partial charge on any atom is 0.145 e. The molecule has 2 aromatic heterocycles. The van der Waals surface area contributed by atoms with Gasteiger partial charge in [-0.05, 0) is 12.8 Å². The van der Waals surface area contributed by atoms with E-state index in [2.05, 4.69) is 21.0 Å². The fraction of sp³-hybridized carbons (Fsp3) is 0.273. The first kappa shape index (κ1) is 9.43. The second-order valence-corrected chi connectivity index (χ2v) is 4.71. The smallest absolute Gasteiger partial charge is 0.145 e. The molecule has 2 aromatic rings. The first-order valence-corrected chi connectivity index (χ1v) is 5.87. The molecule has 1 aliphatic carbocycles. The predicted octanol–water partition coefficient (Wildman–Crippen LogP) is 2.35. The van der Waals surface area contributed by atoms with Crippen LogP contribution in [0, 0.1) is 11.3 Å². The van der Waals surface area contributed by atoms with Crippen LogP contribution in [0.25, 0.3) is 10.7 Å². The number of hydrogen-bond acceptors (Lipinski definition) is 5. The molecule has 0 bridgehead atoms. The highest BCUT2D eigenvalue weighted by Gasteiger charge is 2.30.